The fraction of sp³-hybridized carbons (Fsp3) is 0.419. The van der Waals surface area contributed by atoms with E-state index in [1.807, 2.05) is 50.0 Å². The minimum atomic E-state index is -3.36. The van der Waals surface area contributed by atoms with Crippen LogP contribution in [0.15, 0.2) is 43.0 Å². The smallest absolute Gasteiger partial charge is 0.237 e. The Hall–Kier alpha value is -4.03. The molecule has 1 aliphatic carbocycles. The van der Waals surface area contributed by atoms with Gasteiger partial charge in [-0.05, 0) is 51.3 Å². The number of likely N-dealkylation sites (N-methyl/N-ethyl adjacent to an activating group) is 1. The topological polar surface area (TPSA) is 122 Å². The Kier molecular flexibility index (Phi) is 4.65. The first-order valence-corrected chi connectivity index (χ1v) is 16.1. The second kappa shape index (κ2) is 8.54. The van der Waals surface area contributed by atoms with E-state index in [-0.39, 0.29) is 22.9 Å². The number of aromatic nitrogens is 6. The van der Waals surface area contributed by atoms with E-state index in [1.165, 1.54) is 10.5 Å². The maximum atomic E-state index is 14.4. The summed E-state index contributed by atoms with van der Waals surface area (Å²) in [6.07, 6.45) is 7.77. The Morgan fingerprint density at radius 3 is 2.60 bits per heavy atom. The maximum Gasteiger partial charge on any atom is 0.237 e. The van der Waals surface area contributed by atoms with E-state index < -0.39 is 28.3 Å². The largest absolute Gasteiger partial charge is 0.339 e. The van der Waals surface area contributed by atoms with Gasteiger partial charge in [0, 0.05) is 76.3 Å². The van der Waals surface area contributed by atoms with E-state index in [2.05, 4.69) is 15.2 Å². The summed E-state index contributed by atoms with van der Waals surface area (Å²) in [6.45, 7) is 3.64. The van der Waals surface area contributed by atoms with Crippen molar-refractivity contribution < 1.29 is 17.3 Å². The second-order valence-electron chi connectivity index (χ2n) is 12.7. The van der Waals surface area contributed by atoms with Gasteiger partial charge in [-0.1, -0.05) is 6.07 Å². The quantitative estimate of drug-likeness (QED) is 0.322. The molecule has 1 saturated carbocycles. The van der Waals surface area contributed by atoms with Crippen LogP contribution in [0.2, 0.25) is 0 Å². The van der Waals surface area contributed by atoms with Gasteiger partial charge in [-0.15, -0.1) is 0 Å². The molecule has 2 fully saturated rings. The van der Waals surface area contributed by atoms with Crippen molar-refractivity contribution in [2.45, 2.75) is 45.1 Å². The summed E-state index contributed by atoms with van der Waals surface area (Å²) in [4.78, 5) is 23.5. The summed E-state index contributed by atoms with van der Waals surface area (Å²) < 4.78 is 55.4. The summed E-state index contributed by atoms with van der Waals surface area (Å²) in [5.41, 5.74) is 4.16. The molecule has 3 aliphatic rings. The number of H-pyrrole nitrogens is 1. The van der Waals surface area contributed by atoms with E-state index >= 15 is 0 Å². The third-order valence-electron chi connectivity index (χ3n) is 9.72. The van der Waals surface area contributed by atoms with E-state index in [9.17, 15) is 13.2 Å². The molecule has 43 heavy (non-hydrogen) atoms. The average molecular weight is 602 g/mol. The molecule has 2 aliphatic heterocycles. The Bertz CT molecular complexity index is 2200. The van der Waals surface area contributed by atoms with Crippen LogP contribution in [0.5, 0.6) is 0 Å². The highest BCUT2D eigenvalue weighted by Crippen LogP contribution is 2.66. The molecule has 8 rings (SSSR count). The number of hydrogen-bond donors (Lipinski definition) is 1. The molecule has 0 bridgehead atoms. The summed E-state index contributed by atoms with van der Waals surface area (Å²) in [5, 5.41) is 10.6. The second-order valence-corrected chi connectivity index (χ2v) is 15.0. The Balaban J connectivity index is 1.37. The lowest BCUT2D eigenvalue weighted by Crippen LogP contribution is -2.69. The Labute approximate surface area is 253 Å². The number of aromatic amines is 1. The van der Waals surface area contributed by atoms with E-state index in [0.717, 1.165) is 38.2 Å². The van der Waals surface area contributed by atoms with Crippen LogP contribution < -0.4 is 4.90 Å². The number of amides is 1. The zero-order valence-corrected chi connectivity index (χ0v) is 25.2. The van der Waals surface area contributed by atoms with E-state index in [0.29, 0.717) is 42.5 Å². The van der Waals surface area contributed by atoms with Crippen LogP contribution in [0, 0.1) is 5.41 Å². The number of carbonyl (C=O) groups is 1. The average Bonchev–Trinajstić information content (AvgIpc) is 3.72. The normalized spacial score (nSPS) is 20.5. The molecule has 1 aromatic carbocycles. The number of sulfonamides is 1. The predicted octanol–water partition coefficient (Wildman–Crippen LogP) is 4.22. The molecular weight excluding hydrogens is 564 g/mol. The van der Waals surface area contributed by atoms with Crippen molar-refractivity contribution in [3.63, 3.8) is 0 Å². The number of hydrogen-bond acceptors (Lipinski definition) is 6. The van der Waals surface area contributed by atoms with Crippen molar-refractivity contribution >= 4 is 43.6 Å². The van der Waals surface area contributed by atoms with E-state index in [4.69, 9.17) is 9.10 Å². The first kappa shape index (κ1) is 23.4. The number of nitrogens with one attached hydrogen (secondary N) is 1. The van der Waals surface area contributed by atoms with Crippen molar-refractivity contribution in [2.24, 2.45) is 12.5 Å². The number of aryl methyl sites for hydroxylation is 1. The molecule has 11 nitrogen and oxygen atoms in total. The molecule has 0 atom stereocenters. The molecule has 12 heteroatoms. The predicted molar refractivity (Wildman–Crippen MR) is 165 cm³/mol. The lowest BCUT2D eigenvalue weighted by atomic mass is 9.48. The molecule has 5 aromatic rings. The highest BCUT2D eigenvalue weighted by atomic mass is 32.2. The van der Waals surface area contributed by atoms with Crippen LogP contribution in [0.25, 0.3) is 44.3 Å². The number of carbonyl (C=O) groups excluding carboxylic acids is 1. The van der Waals surface area contributed by atoms with Crippen LogP contribution in [-0.4, -0.2) is 74.0 Å². The Morgan fingerprint density at radius 2 is 1.91 bits per heavy atom. The number of anilines is 1. The number of pyridine rings is 1. The standard InChI is InChI=1S/C31H34N8O3S/c1-6-43(41,42)38-16-30(17-38)14-31(15-30)26-23(36(4)29(31)40)12-32-28-25(26)24(19-7-8-22-20(9-19)10-33-37(22)5)27(35-28)21-11-34-39(13-21)18(2)3/h7-13,18H,6,14-17H2,1-5H3,(H,32,35)/i4D3. The van der Waals surface area contributed by atoms with Gasteiger partial charge in [0.05, 0.1) is 46.7 Å². The maximum absolute atomic E-state index is 14.4. The molecule has 6 heterocycles. The third kappa shape index (κ3) is 3.47. The highest BCUT2D eigenvalue weighted by molar-refractivity contribution is 7.89. The van der Waals surface area contributed by atoms with Crippen LogP contribution in [0.1, 0.15) is 49.3 Å². The van der Waals surface area contributed by atoms with Gasteiger partial charge >= 0.3 is 0 Å². The monoisotopic (exact) mass is 601 g/mol. The lowest BCUT2D eigenvalue weighted by Gasteiger charge is -2.62. The van der Waals surface area contributed by atoms with Gasteiger partial charge in [-0.3, -0.25) is 14.2 Å². The highest BCUT2D eigenvalue weighted by Gasteiger charge is 2.68. The molecule has 2 spiro atoms. The van der Waals surface area contributed by atoms with Gasteiger partial charge < -0.3 is 9.88 Å². The van der Waals surface area contributed by atoms with Gasteiger partial charge in [-0.2, -0.15) is 10.2 Å². The minimum Gasteiger partial charge on any atom is -0.339 e. The number of nitrogens with zero attached hydrogens (tertiary/aromatic N) is 7. The van der Waals surface area contributed by atoms with Gasteiger partial charge in [0.25, 0.3) is 0 Å². The van der Waals surface area contributed by atoms with Crippen LogP contribution >= 0.6 is 0 Å². The zero-order chi connectivity index (χ0) is 32.6. The molecule has 0 unspecified atom stereocenters. The van der Waals surface area contributed by atoms with Crippen LogP contribution in [0.4, 0.5) is 5.69 Å². The molecule has 1 N–H and O–H groups in total. The van der Waals surface area contributed by atoms with Gasteiger partial charge in [-0.25, -0.2) is 17.7 Å². The summed E-state index contributed by atoms with van der Waals surface area (Å²) in [5.74, 6) is -0.470. The van der Waals surface area contributed by atoms with Crippen LogP contribution in [0.3, 0.4) is 0 Å². The van der Waals surface area contributed by atoms with Crippen molar-refractivity contribution in [3.8, 4) is 22.4 Å². The van der Waals surface area contributed by atoms with Crippen molar-refractivity contribution in [1.29, 1.82) is 0 Å². The van der Waals surface area contributed by atoms with Crippen molar-refractivity contribution in [2.75, 3.05) is 30.7 Å². The molecule has 1 saturated heterocycles. The van der Waals surface area contributed by atoms with Crippen molar-refractivity contribution in [1.82, 2.24) is 33.8 Å². The minimum absolute atomic E-state index is 0.0132. The van der Waals surface area contributed by atoms with Gasteiger partial charge in [0.15, 0.2) is 0 Å². The molecular formula is C31H34N8O3S. The number of benzene rings is 1. The fourth-order valence-corrected chi connectivity index (χ4v) is 8.97. The van der Waals surface area contributed by atoms with Gasteiger partial charge in [0.1, 0.15) is 5.65 Å². The molecule has 4 aromatic heterocycles. The zero-order valence-electron chi connectivity index (χ0n) is 27.4. The number of rotatable bonds is 5. The molecule has 0 radical (unpaired) electrons. The van der Waals surface area contributed by atoms with Crippen LogP contribution in [-0.2, 0) is 27.3 Å². The van der Waals surface area contributed by atoms with Gasteiger partial charge in [0.2, 0.25) is 15.9 Å². The first-order chi connectivity index (χ1) is 21.7. The summed E-state index contributed by atoms with van der Waals surface area (Å²) >= 11 is 0. The SMILES string of the molecule is [2H]C([2H])([2H])N1C(=O)C2(CC3(CN(S(=O)(=O)CC)C3)C2)c2c1cnc1[nH]c(-c3cnn(C(C)C)c3)c(-c3ccc4c(cnn4C)c3)c21. The summed E-state index contributed by atoms with van der Waals surface area (Å²) in [6, 6.07) is 6.19. The number of fused-ring (bicyclic) bond motifs is 5. The van der Waals surface area contributed by atoms with E-state index in [1.54, 1.807) is 24.0 Å². The lowest BCUT2D eigenvalue weighted by molar-refractivity contribution is -0.139. The van der Waals surface area contributed by atoms with Crippen molar-refractivity contribution in [3.05, 3.63) is 48.5 Å². The third-order valence-corrected chi connectivity index (χ3v) is 11.5. The molecule has 1 amide bonds. The summed E-state index contributed by atoms with van der Waals surface area (Å²) in [7, 11) is -1.48. The molecule has 222 valence electrons. The first-order valence-electron chi connectivity index (χ1n) is 16.0. The Morgan fingerprint density at radius 1 is 1.12 bits per heavy atom. The fourth-order valence-electron chi connectivity index (χ4n) is 7.66.